The van der Waals surface area contributed by atoms with Gasteiger partial charge in [-0.3, -0.25) is 4.79 Å². The molecule has 4 nitrogen and oxygen atoms in total. The van der Waals surface area contributed by atoms with E-state index in [9.17, 15) is 4.79 Å². The third-order valence-electron chi connectivity index (χ3n) is 3.35. The van der Waals surface area contributed by atoms with Crippen LogP contribution in [0.15, 0.2) is 27.2 Å². The molecule has 106 valence electrons. The molecule has 0 aliphatic heterocycles. The summed E-state index contributed by atoms with van der Waals surface area (Å²) in [5.74, 6) is 0.728. The molecule has 1 aromatic heterocycles. The first-order chi connectivity index (χ1) is 9.41. The summed E-state index contributed by atoms with van der Waals surface area (Å²) in [6.07, 6.45) is 0. The van der Waals surface area contributed by atoms with Crippen LogP contribution in [0.1, 0.15) is 32.9 Å². The van der Waals surface area contributed by atoms with Gasteiger partial charge < -0.3 is 9.42 Å². The number of aryl methyl sites for hydroxylation is 3. The maximum Gasteiger partial charge on any atom is 0.255 e. The van der Waals surface area contributed by atoms with Gasteiger partial charge in [-0.2, -0.15) is 0 Å². The van der Waals surface area contributed by atoms with Gasteiger partial charge in [-0.15, -0.1) is 0 Å². The SMILES string of the molecule is Cc1cccc(C(=O)N(C)Cc2c(C)noc2C)c1Br. The Kier molecular flexibility index (Phi) is 4.28. The molecule has 0 atom stereocenters. The molecular formula is C15H17BrN2O2. The van der Waals surface area contributed by atoms with Crippen LogP contribution < -0.4 is 0 Å². The van der Waals surface area contributed by atoms with E-state index in [1.807, 2.05) is 39.0 Å². The van der Waals surface area contributed by atoms with Crippen molar-refractivity contribution in [3.05, 3.63) is 50.8 Å². The van der Waals surface area contributed by atoms with Crippen molar-refractivity contribution in [2.24, 2.45) is 0 Å². The summed E-state index contributed by atoms with van der Waals surface area (Å²) in [7, 11) is 1.78. The summed E-state index contributed by atoms with van der Waals surface area (Å²) >= 11 is 3.48. The minimum atomic E-state index is -0.0272. The lowest BCUT2D eigenvalue weighted by molar-refractivity contribution is 0.0783. The van der Waals surface area contributed by atoms with E-state index in [1.54, 1.807) is 11.9 Å². The zero-order valence-corrected chi connectivity index (χ0v) is 13.6. The summed E-state index contributed by atoms with van der Waals surface area (Å²) in [6, 6.07) is 5.68. The Morgan fingerprint density at radius 3 is 2.65 bits per heavy atom. The van der Waals surface area contributed by atoms with E-state index in [-0.39, 0.29) is 5.91 Å². The number of hydrogen-bond donors (Lipinski definition) is 0. The van der Waals surface area contributed by atoms with Crippen LogP contribution in [0.5, 0.6) is 0 Å². The summed E-state index contributed by atoms with van der Waals surface area (Å²) < 4.78 is 5.97. The minimum absolute atomic E-state index is 0.0272. The van der Waals surface area contributed by atoms with Gasteiger partial charge in [0.2, 0.25) is 0 Å². The van der Waals surface area contributed by atoms with Crippen LogP contribution in [0.2, 0.25) is 0 Å². The molecule has 0 radical (unpaired) electrons. The van der Waals surface area contributed by atoms with E-state index in [0.29, 0.717) is 12.1 Å². The van der Waals surface area contributed by atoms with Crippen LogP contribution in [0.3, 0.4) is 0 Å². The van der Waals surface area contributed by atoms with Crippen molar-refractivity contribution >= 4 is 21.8 Å². The van der Waals surface area contributed by atoms with Crippen molar-refractivity contribution in [2.45, 2.75) is 27.3 Å². The number of halogens is 1. The average Bonchev–Trinajstić information content (AvgIpc) is 2.73. The fraction of sp³-hybridized carbons (Fsp3) is 0.333. The number of carbonyl (C=O) groups is 1. The molecule has 0 spiro atoms. The van der Waals surface area contributed by atoms with Gasteiger partial charge in [0.1, 0.15) is 5.76 Å². The molecule has 0 N–H and O–H groups in total. The molecule has 1 amide bonds. The molecule has 0 saturated heterocycles. The van der Waals surface area contributed by atoms with Gasteiger partial charge in [-0.05, 0) is 48.3 Å². The Hall–Kier alpha value is -1.62. The summed E-state index contributed by atoms with van der Waals surface area (Å²) in [5.41, 5.74) is 3.50. The lowest BCUT2D eigenvalue weighted by Crippen LogP contribution is -2.27. The van der Waals surface area contributed by atoms with Crippen LogP contribution in [-0.2, 0) is 6.54 Å². The first-order valence-electron chi connectivity index (χ1n) is 6.34. The van der Waals surface area contributed by atoms with Gasteiger partial charge in [0.15, 0.2) is 0 Å². The summed E-state index contributed by atoms with van der Waals surface area (Å²) in [5, 5.41) is 3.91. The third-order valence-corrected chi connectivity index (χ3v) is 4.40. The molecule has 1 heterocycles. The van der Waals surface area contributed by atoms with Gasteiger partial charge in [0.05, 0.1) is 17.8 Å². The Balaban J connectivity index is 2.23. The quantitative estimate of drug-likeness (QED) is 0.859. The number of aromatic nitrogens is 1. The number of carbonyl (C=O) groups excluding carboxylic acids is 1. The predicted octanol–water partition coefficient (Wildman–Crippen LogP) is 3.63. The molecule has 0 bridgehead atoms. The molecule has 2 rings (SSSR count). The van der Waals surface area contributed by atoms with Gasteiger partial charge in [-0.25, -0.2) is 0 Å². The monoisotopic (exact) mass is 336 g/mol. The van der Waals surface area contributed by atoms with Crippen LogP contribution in [-0.4, -0.2) is 23.0 Å². The average molecular weight is 337 g/mol. The molecule has 0 fully saturated rings. The van der Waals surface area contributed by atoms with Crippen LogP contribution in [0, 0.1) is 20.8 Å². The number of nitrogens with zero attached hydrogens (tertiary/aromatic N) is 2. The second kappa shape index (κ2) is 5.79. The highest BCUT2D eigenvalue weighted by molar-refractivity contribution is 9.10. The molecule has 0 unspecified atom stereocenters. The van der Waals surface area contributed by atoms with Crippen molar-refractivity contribution in [3.63, 3.8) is 0 Å². The molecule has 5 heteroatoms. The van der Waals surface area contributed by atoms with E-state index in [0.717, 1.165) is 27.1 Å². The van der Waals surface area contributed by atoms with Crippen molar-refractivity contribution < 1.29 is 9.32 Å². The molecule has 2 aromatic rings. The Morgan fingerprint density at radius 1 is 1.35 bits per heavy atom. The molecule has 20 heavy (non-hydrogen) atoms. The molecule has 0 aliphatic carbocycles. The highest BCUT2D eigenvalue weighted by Gasteiger charge is 2.19. The maximum atomic E-state index is 12.5. The van der Waals surface area contributed by atoms with Crippen molar-refractivity contribution in [2.75, 3.05) is 7.05 Å². The first-order valence-corrected chi connectivity index (χ1v) is 7.13. The van der Waals surface area contributed by atoms with Gasteiger partial charge in [0.25, 0.3) is 5.91 Å². The molecule has 0 aliphatic rings. The number of amides is 1. The minimum Gasteiger partial charge on any atom is -0.361 e. The summed E-state index contributed by atoms with van der Waals surface area (Å²) in [6.45, 7) is 6.19. The highest BCUT2D eigenvalue weighted by atomic mass is 79.9. The predicted molar refractivity (Wildman–Crippen MR) is 80.7 cm³/mol. The Bertz CT molecular complexity index is 630. The maximum absolute atomic E-state index is 12.5. The van der Waals surface area contributed by atoms with E-state index >= 15 is 0 Å². The lowest BCUT2D eigenvalue weighted by atomic mass is 10.1. The van der Waals surface area contributed by atoms with Crippen molar-refractivity contribution in [1.29, 1.82) is 0 Å². The van der Waals surface area contributed by atoms with E-state index in [4.69, 9.17) is 4.52 Å². The van der Waals surface area contributed by atoms with Gasteiger partial charge in [0, 0.05) is 17.1 Å². The molecular weight excluding hydrogens is 320 g/mol. The standard InChI is InChI=1S/C15H17BrN2O2/c1-9-6-5-7-12(14(9)16)15(19)18(4)8-13-10(2)17-20-11(13)3/h5-7H,8H2,1-4H3. The van der Waals surface area contributed by atoms with E-state index < -0.39 is 0 Å². The van der Waals surface area contributed by atoms with Crippen LogP contribution in [0.4, 0.5) is 0 Å². The first kappa shape index (κ1) is 14.8. The fourth-order valence-electron chi connectivity index (χ4n) is 2.05. The van der Waals surface area contributed by atoms with Crippen molar-refractivity contribution in [1.82, 2.24) is 10.1 Å². The number of benzene rings is 1. The lowest BCUT2D eigenvalue weighted by Gasteiger charge is -2.18. The summed E-state index contributed by atoms with van der Waals surface area (Å²) in [4.78, 5) is 14.2. The van der Waals surface area contributed by atoms with E-state index in [2.05, 4.69) is 21.1 Å². The van der Waals surface area contributed by atoms with Crippen molar-refractivity contribution in [3.8, 4) is 0 Å². The zero-order valence-electron chi connectivity index (χ0n) is 12.0. The second-order valence-electron chi connectivity index (χ2n) is 4.90. The Morgan fingerprint density at radius 2 is 2.05 bits per heavy atom. The molecule has 0 saturated carbocycles. The van der Waals surface area contributed by atoms with Gasteiger partial charge >= 0.3 is 0 Å². The fourth-order valence-corrected chi connectivity index (χ4v) is 2.49. The smallest absolute Gasteiger partial charge is 0.255 e. The largest absolute Gasteiger partial charge is 0.361 e. The normalized spacial score (nSPS) is 10.7. The zero-order chi connectivity index (χ0) is 14.9. The van der Waals surface area contributed by atoms with Gasteiger partial charge in [-0.1, -0.05) is 17.3 Å². The second-order valence-corrected chi connectivity index (χ2v) is 5.69. The molecule has 1 aromatic carbocycles. The van der Waals surface area contributed by atoms with E-state index in [1.165, 1.54) is 0 Å². The number of rotatable bonds is 3. The highest BCUT2D eigenvalue weighted by Crippen LogP contribution is 2.23. The number of hydrogen-bond acceptors (Lipinski definition) is 3. The topological polar surface area (TPSA) is 46.3 Å². The Labute approximate surface area is 126 Å². The van der Waals surface area contributed by atoms with Crippen LogP contribution >= 0.6 is 15.9 Å². The van der Waals surface area contributed by atoms with Crippen LogP contribution in [0.25, 0.3) is 0 Å². The third kappa shape index (κ3) is 2.77.